The zero-order chi connectivity index (χ0) is 19.8. The monoisotopic (exact) mass is 418 g/mol. The first-order chi connectivity index (χ1) is 13.7. The van der Waals surface area contributed by atoms with Gasteiger partial charge in [-0.1, -0.05) is 37.3 Å². The highest BCUT2D eigenvalue weighted by Crippen LogP contribution is 2.26. The van der Waals surface area contributed by atoms with Crippen LogP contribution < -0.4 is 5.32 Å². The number of benzene rings is 1. The van der Waals surface area contributed by atoms with E-state index in [2.05, 4.69) is 25.8 Å². The van der Waals surface area contributed by atoms with Crippen LogP contribution in [0.25, 0.3) is 0 Å². The summed E-state index contributed by atoms with van der Waals surface area (Å²) in [6.45, 7) is 1.89. The standard InChI is InChI=1S/C17H18N6O3S2/c1-2-13(19-16(25)26-11-12-6-4-3-5-7-12)14(24)10-23-15(20-21-22-23)28-17-18-8-9-27-17/h3-9,13H,2,10-11H2,1H3,(H,19,25). The molecule has 1 amide bonds. The molecule has 1 atom stereocenters. The lowest BCUT2D eigenvalue weighted by Gasteiger charge is -2.16. The summed E-state index contributed by atoms with van der Waals surface area (Å²) >= 11 is 2.73. The number of nitrogens with zero attached hydrogens (tertiary/aromatic N) is 5. The molecule has 0 aliphatic rings. The molecule has 0 spiro atoms. The predicted octanol–water partition coefficient (Wildman–Crippen LogP) is 2.55. The number of carbonyl (C=O) groups excluding carboxylic acids is 2. The van der Waals surface area contributed by atoms with Crippen molar-refractivity contribution in [1.29, 1.82) is 0 Å². The minimum absolute atomic E-state index is 0.0574. The van der Waals surface area contributed by atoms with E-state index >= 15 is 0 Å². The summed E-state index contributed by atoms with van der Waals surface area (Å²) in [4.78, 5) is 28.8. The van der Waals surface area contributed by atoms with Crippen molar-refractivity contribution < 1.29 is 14.3 Å². The van der Waals surface area contributed by atoms with E-state index in [1.54, 1.807) is 6.20 Å². The molecule has 28 heavy (non-hydrogen) atoms. The van der Waals surface area contributed by atoms with Crippen LogP contribution in [0.1, 0.15) is 18.9 Å². The number of Topliss-reactive ketones (excluding diaryl/α,β-unsaturated/α-hetero) is 1. The van der Waals surface area contributed by atoms with Crippen LogP contribution in [0.15, 0.2) is 51.4 Å². The molecule has 1 unspecified atom stereocenters. The third kappa shape index (κ3) is 5.60. The molecule has 3 aromatic rings. The number of amides is 1. The van der Waals surface area contributed by atoms with E-state index in [9.17, 15) is 9.59 Å². The van der Waals surface area contributed by atoms with Gasteiger partial charge in [-0.15, -0.1) is 16.4 Å². The smallest absolute Gasteiger partial charge is 0.408 e. The third-order valence-electron chi connectivity index (χ3n) is 3.69. The Morgan fingerprint density at radius 3 is 2.86 bits per heavy atom. The first-order valence-electron chi connectivity index (χ1n) is 8.49. The quantitative estimate of drug-likeness (QED) is 0.564. The highest BCUT2D eigenvalue weighted by molar-refractivity contribution is 8.00. The SMILES string of the molecule is CCC(NC(=O)OCc1ccccc1)C(=O)Cn1nnnc1Sc1nccs1. The van der Waals surface area contributed by atoms with Gasteiger partial charge in [0.25, 0.3) is 0 Å². The summed E-state index contributed by atoms with van der Waals surface area (Å²) in [7, 11) is 0. The summed E-state index contributed by atoms with van der Waals surface area (Å²) in [6.07, 6.45) is 1.47. The summed E-state index contributed by atoms with van der Waals surface area (Å²) in [5.74, 6) is -0.215. The Morgan fingerprint density at radius 1 is 1.32 bits per heavy atom. The molecule has 0 bridgehead atoms. The van der Waals surface area contributed by atoms with Crippen molar-refractivity contribution in [3.05, 3.63) is 47.5 Å². The summed E-state index contributed by atoms with van der Waals surface area (Å²) in [5.41, 5.74) is 0.870. The highest BCUT2D eigenvalue weighted by Gasteiger charge is 2.22. The number of hydrogen-bond acceptors (Lipinski definition) is 9. The molecule has 0 aliphatic carbocycles. The number of aromatic nitrogens is 5. The normalized spacial score (nSPS) is 11.8. The first-order valence-corrected chi connectivity index (χ1v) is 10.2. The van der Waals surface area contributed by atoms with Gasteiger partial charge >= 0.3 is 6.09 Å². The first kappa shape index (κ1) is 20.0. The van der Waals surface area contributed by atoms with Crippen LogP contribution >= 0.6 is 23.1 Å². The molecule has 2 heterocycles. The van der Waals surface area contributed by atoms with Crippen molar-refractivity contribution in [2.75, 3.05) is 0 Å². The Morgan fingerprint density at radius 2 is 2.14 bits per heavy atom. The molecular weight excluding hydrogens is 400 g/mol. The van der Waals surface area contributed by atoms with Gasteiger partial charge in [0.05, 0.1) is 6.04 Å². The van der Waals surface area contributed by atoms with Crippen LogP contribution in [-0.4, -0.2) is 43.1 Å². The lowest BCUT2D eigenvalue weighted by atomic mass is 10.1. The van der Waals surface area contributed by atoms with E-state index in [0.29, 0.717) is 11.6 Å². The molecular formula is C17H18N6O3S2. The van der Waals surface area contributed by atoms with E-state index in [4.69, 9.17) is 4.74 Å². The molecule has 3 rings (SSSR count). The minimum atomic E-state index is -0.690. The van der Waals surface area contributed by atoms with Crippen LogP contribution in [-0.2, 0) is 22.7 Å². The zero-order valence-electron chi connectivity index (χ0n) is 15.0. The van der Waals surface area contributed by atoms with Gasteiger partial charge in [0.2, 0.25) is 5.16 Å². The highest BCUT2D eigenvalue weighted by atomic mass is 32.2. The van der Waals surface area contributed by atoms with Gasteiger partial charge in [-0.2, -0.15) is 0 Å². The van der Waals surface area contributed by atoms with Crippen molar-refractivity contribution in [2.24, 2.45) is 0 Å². The topological polar surface area (TPSA) is 112 Å². The van der Waals surface area contributed by atoms with Gasteiger partial charge < -0.3 is 10.1 Å². The Bertz CT molecular complexity index is 901. The Hall–Kier alpha value is -2.79. The number of ketones is 1. The largest absolute Gasteiger partial charge is 0.445 e. The van der Waals surface area contributed by atoms with Gasteiger partial charge in [0.1, 0.15) is 13.2 Å². The molecule has 0 aliphatic heterocycles. The summed E-state index contributed by atoms with van der Waals surface area (Å²) in [6, 6.07) is 8.63. The van der Waals surface area contributed by atoms with Gasteiger partial charge in [-0.05, 0) is 34.2 Å². The minimum Gasteiger partial charge on any atom is -0.445 e. The van der Waals surface area contributed by atoms with Gasteiger partial charge in [-0.25, -0.2) is 14.5 Å². The van der Waals surface area contributed by atoms with Crippen molar-refractivity contribution in [3.8, 4) is 0 Å². The van der Waals surface area contributed by atoms with Crippen molar-refractivity contribution in [2.45, 2.75) is 42.0 Å². The third-order valence-corrected chi connectivity index (χ3v) is 5.55. The van der Waals surface area contributed by atoms with Crippen LogP contribution in [0.3, 0.4) is 0 Å². The molecule has 11 heteroatoms. The molecule has 146 valence electrons. The molecule has 0 fully saturated rings. The molecule has 1 N–H and O–H groups in total. The number of thiazole rings is 1. The Balaban J connectivity index is 1.53. The lowest BCUT2D eigenvalue weighted by molar-refractivity contribution is -0.122. The van der Waals surface area contributed by atoms with E-state index in [1.165, 1.54) is 27.8 Å². The fourth-order valence-electron chi connectivity index (χ4n) is 2.28. The number of hydrogen-bond donors (Lipinski definition) is 1. The van der Waals surface area contributed by atoms with E-state index in [-0.39, 0.29) is 18.9 Å². The maximum Gasteiger partial charge on any atom is 0.408 e. The average Bonchev–Trinajstić information content (AvgIpc) is 3.38. The fourth-order valence-corrected chi connectivity index (χ4v) is 3.78. The molecule has 0 radical (unpaired) electrons. The number of carbonyl (C=O) groups is 2. The zero-order valence-corrected chi connectivity index (χ0v) is 16.7. The van der Waals surface area contributed by atoms with Crippen LogP contribution in [0.4, 0.5) is 4.79 Å². The van der Waals surface area contributed by atoms with Gasteiger partial charge in [-0.3, -0.25) is 4.79 Å². The summed E-state index contributed by atoms with van der Waals surface area (Å²) in [5, 5.41) is 16.3. The second kappa shape index (κ2) is 9.95. The van der Waals surface area contributed by atoms with Crippen LogP contribution in [0, 0.1) is 0 Å². The second-order valence-electron chi connectivity index (χ2n) is 5.65. The van der Waals surface area contributed by atoms with E-state index in [1.807, 2.05) is 42.6 Å². The fraction of sp³-hybridized carbons (Fsp3) is 0.294. The molecule has 1 aromatic carbocycles. The van der Waals surface area contributed by atoms with E-state index < -0.39 is 12.1 Å². The maximum atomic E-state index is 12.6. The predicted molar refractivity (Wildman–Crippen MR) is 103 cm³/mol. The number of rotatable bonds is 9. The van der Waals surface area contributed by atoms with Crippen molar-refractivity contribution in [1.82, 2.24) is 30.5 Å². The lowest BCUT2D eigenvalue weighted by Crippen LogP contribution is -2.42. The van der Waals surface area contributed by atoms with Crippen LogP contribution in [0.2, 0.25) is 0 Å². The molecule has 2 aromatic heterocycles. The number of tetrazole rings is 1. The average molecular weight is 419 g/mol. The Labute approximate surface area is 169 Å². The van der Waals surface area contributed by atoms with E-state index in [0.717, 1.165) is 9.90 Å². The summed E-state index contributed by atoms with van der Waals surface area (Å²) < 4.78 is 7.35. The van der Waals surface area contributed by atoms with Crippen LogP contribution in [0.5, 0.6) is 0 Å². The Kier molecular flexibility index (Phi) is 7.09. The van der Waals surface area contributed by atoms with Crippen molar-refractivity contribution >= 4 is 35.0 Å². The van der Waals surface area contributed by atoms with Gasteiger partial charge in [0.15, 0.2) is 10.1 Å². The van der Waals surface area contributed by atoms with Crippen molar-refractivity contribution in [3.63, 3.8) is 0 Å². The maximum absolute atomic E-state index is 12.6. The number of alkyl carbamates (subject to hydrolysis) is 1. The second-order valence-corrected chi connectivity index (χ2v) is 7.76. The molecule has 0 saturated heterocycles. The number of nitrogens with one attached hydrogen (secondary N) is 1. The molecule has 9 nitrogen and oxygen atoms in total. The van der Waals surface area contributed by atoms with Gasteiger partial charge in [0, 0.05) is 11.6 Å². The number of ether oxygens (including phenoxy) is 1. The molecule has 0 saturated carbocycles.